The van der Waals surface area contributed by atoms with Crippen LogP contribution in [0.15, 0.2) is 29.2 Å². The lowest BCUT2D eigenvalue weighted by atomic mass is 10.1. The first kappa shape index (κ1) is 14.9. The van der Waals surface area contributed by atoms with Gasteiger partial charge in [0.15, 0.2) is 0 Å². The third-order valence-corrected chi connectivity index (χ3v) is 3.81. The molecule has 1 rings (SSSR count). The number of unbranched alkanes of at least 4 members (excludes halogenated alkanes) is 4. The molecule has 18 heavy (non-hydrogen) atoms. The van der Waals surface area contributed by atoms with E-state index in [2.05, 4.69) is 0 Å². The van der Waals surface area contributed by atoms with Crippen molar-refractivity contribution in [2.24, 2.45) is 0 Å². The number of hydrogen-bond donors (Lipinski definition) is 2. The Morgan fingerprint density at radius 2 is 1.72 bits per heavy atom. The lowest BCUT2D eigenvalue weighted by molar-refractivity contribution is -0.137. The van der Waals surface area contributed by atoms with Crippen molar-refractivity contribution < 1.29 is 15.0 Å². The summed E-state index contributed by atoms with van der Waals surface area (Å²) in [5, 5.41) is 18.0. The van der Waals surface area contributed by atoms with E-state index in [1.54, 1.807) is 17.8 Å². The van der Waals surface area contributed by atoms with Crippen molar-refractivity contribution in [2.45, 2.75) is 43.4 Å². The Morgan fingerprint density at radius 1 is 1.06 bits per heavy atom. The molecule has 0 aliphatic rings. The van der Waals surface area contributed by atoms with Crippen LogP contribution in [-0.4, -0.2) is 21.9 Å². The standard InChI is InChI=1S/C14H20O3S/c15-12-8-5-6-9-13(12)18-11-7-3-1-2-4-10-14(16)17/h5-6,8-9,15H,1-4,7,10-11H2,(H,16,17). The maximum atomic E-state index is 10.3. The fourth-order valence-electron chi connectivity index (χ4n) is 1.67. The van der Waals surface area contributed by atoms with Gasteiger partial charge in [-0.25, -0.2) is 0 Å². The Balaban J connectivity index is 1.99. The van der Waals surface area contributed by atoms with E-state index in [4.69, 9.17) is 5.11 Å². The van der Waals surface area contributed by atoms with Crippen LogP contribution in [-0.2, 0) is 4.79 Å². The molecule has 0 unspecified atom stereocenters. The van der Waals surface area contributed by atoms with Gasteiger partial charge in [0.25, 0.3) is 0 Å². The summed E-state index contributed by atoms with van der Waals surface area (Å²) in [6, 6.07) is 7.37. The van der Waals surface area contributed by atoms with E-state index in [-0.39, 0.29) is 6.42 Å². The molecule has 2 N–H and O–H groups in total. The Hall–Kier alpha value is -1.16. The molecule has 0 saturated heterocycles. The number of carbonyl (C=O) groups is 1. The Labute approximate surface area is 112 Å². The molecule has 0 radical (unpaired) electrons. The Morgan fingerprint density at radius 3 is 2.44 bits per heavy atom. The third kappa shape index (κ3) is 6.55. The number of aromatic hydroxyl groups is 1. The van der Waals surface area contributed by atoms with Gasteiger partial charge in [-0.2, -0.15) is 0 Å². The minimum absolute atomic E-state index is 0.284. The minimum Gasteiger partial charge on any atom is -0.507 e. The number of thioether (sulfide) groups is 1. The molecule has 0 heterocycles. The van der Waals surface area contributed by atoms with E-state index >= 15 is 0 Å². The molecule has 1 aromatic carbocycles. The maximum Gasteiger partial charge on any atom is 0.303 e. The number of para-hydroxylation sites is 1. The molecular formula is C14H20O3S. The summed E-state index contributed by atoms with van der Waals surface area (Å²) in [4.78, 5) is 11.2. The van der Waals surface area contributed by atoms with Gasteiger partial charge in [0.05, 0.1) is 0 Å². The van der Waals surface area contributed by atoms with Crippen molar-refractivity contribution in [1.29, 1.82) is 0 Å². The first-order valence-electron chi connectivity index (χ1n) is 6.33. The summed E-state index contributed by atoms with van der Waals surface area (Å²) >= 11 is 1.67. The highest BCUT2D eigenvalue weighted by molar-refractivity contribution is 7.99. The molecule has 0 aliphatic carbocycles. The topological polar surface area (TPSA) is 57.5 Å². The van der Waals surface area contributed by atoms with Crippen molar-refractivity contribution >= 4 is 17.7 Å². The summed E-state index contributed by atoms with van der Waals surface area (Å²) in [5.74, 6) is 0.644. The molecule has 0 saturated carbocycles. The van der Waals surface area contributed by atoms with Gasteiger partial charge in [0.2, 0.25) is 0 Å². The second-order valence-electron chi connectivity index (χ2n) is 4.23. The lowest BCUT2D eigenvalue weighted by Gasteiger charge is -2.03. The van der Waals surface area contributed by atoms with Gasteiger partial charge < -0.3 is 10.2 Å². The fourth-order valence-corrected chi connectivity index (χ4v) is 2.63. The summed E-state index contributed by atoms with van der Waals surface area (Å²) in [7, 11) is 0. The van der Waals surface area contributed by atoms with E-state index in [1.807, 2.05) is 18.2 Å². The molecule has 0 fully saturated rings. The van der Waals surface area contributed by atoms with Gasteiger partial charge in [-0.3, -0.25) is 4.79 Å². The summed E-state index contributed by atoms with van der Waals surface area (Å²) in [6.07, 6.45) is 5.38. The molecular weight excluding hydrogens is 248 g/mol. The number of phenols is 1. The molecule has 0 aromatic heterocycles. The highest BCUT2D eigenvalue weighted by Gasteiger charge is 2.00. The molecule has 0 spiro atoms. The van der Waals surface area contributed by atoms with Crippen LogP contribution in [0.1, 0.15) is 38.5 Å². The zero-order chi connectivity index (χ0) is 13.2. The molecule has 0 amide bonds. The lowest BCUT2D eigenvalue weighted by Crippen LogP contribution is -1.93. The van der Waals surface area contributed by atoms with Crippen LogP contribution in [0.4, 0.5) is 0 Å². The number of aliphatic carboxylic acids is 1. The van der Waals surface area contributed by atoms with Crippen molar-refractivity contribution in [3.8, 4) is 5.75 Å². The highest BCUT2D eigenvalue weighted by atomic mass is 32.2. The van der Waals surface area contributed by atoms with Crippen molar-refractivity contribution in [3.63, 3.8) is 0 Å². The average Bonchev–Trinajstić information content (AvgIpc) is 2.34. The summed E-state index contributed by atoms with van der Waals surface area (Å²) in [6.45, 7) is 0. The molecule has 4 heteroatoms. The quantitative estimate of drug-likeness (QED) is 0.526. The zero-order valence-electron chi connectivity index (χ0n) is 10.5. The molecule has 0 aliphatic heterocycles. The van der Waals surface area contributed by atoms with Gasteiger partial charge >= 0.3 is 5.97 Å². The van der Waals surface area contributed by atoms with E-state index in [9.17, 15) is 9.90 Å². The van der Waals surface area contributed by atoms with Gasteiger partial charge in [-0.05, 0) is 30.7 Å². The number of benzene rings is 1. The molecule has 0 bridgehead atoms. The van der Waals surface area contributed by atoms with E-state index in [0.717, 1.165) is 42.8 Å². The Bertz CT molecular complexity index is 366. The second-order valence-corrected chi connectivity index (χ2v) is 5.36. The van der Waals surface area contributed by atoms with Crippen molar-refractivity contribution in [1.82, 2.24) is 0 Å². The molecule has 3 nitrogen and oxygen atoms in total. The summed E-state index contributed by atoms with van der Waals surface area (Å²) in [5.41, 5.74) is 0. The molecule has 1 aromatic rings. The predicted octanol–water partition coefficient (Wildman–Crippen LogP) is 3.91. The Kier molecular flexibility index (Phi) is 7.34. The highest BCUT2D eigenvalue weighted by Crippen LogP contribution is 2.28. The van der Waals surface area contributed by atoms with Crippen LogP contribution >= 0.6 is 11.8 Å². The van der Waals surface area contributed by atoms with Gasteiger partial charge in [-0.1, -0.05) is 31.4 Å². The average molecular weight is 268 g/mol. The maximum absolute atomic E-state index is 10.3. The van der Waals surface area contributed by atoms with Crippen LogP contribution in [0.25, 0.3) is 0 Å². The number of phenolic OH excluding ortho intramolecular Hbond substituents is 1. The molecule has 0 atom stereocenters. The number of carboxylic acid groups (broad SMARTS) is 1. The van der Waals surface area contributed by atoms with Crippen LogP contribution in [0, 0.1) is 0 Å². The zero-order valence-corrected chi connectivity index (χ0v) is 11.3. The number of carboxylic acids is 1. The SMILES string of the molecule is O=C(O)CCCCCCCSc1ccccc1O. The van der Waals surface area contributed by atoms with Crippen molar-refractivity contribution in [3.05, 3.63) is 24.3 Å². The third-order valence-electron chi connectivity index (χ3n) is 2.66. The van der Waals surface area contributed by atoms with Crippen molar-refractivity contribution in [2.75, 3.05) is 5.75 Å². The van der Waals surface area contributed by atoms with Gasteiger partial charge in [0.1, 0.15) is 5.75 Å². The molecule has 100 valence electrons. The van der Waals surface area contributed by atoms with E-state index in [1.165, 1.54) is 0 Å². The van der Waals surface area contributed by atoms with Crippen LogP contribution < -0.4 is 0 Å². The monoisotopic (exact) mass is 268 g/mol. The van der Waals surface area contributed by atoms with Crippen LogP contribution in [0.5, 0.6) is 5.75 Å². The smallest absolute Gasteiger partial charge is 0.303 e. The van der Waals surface area contributed by atoms with Crippen LogP contribution in [0.2, 0.25) is 0 Å². The fraction of sp³-hybridized carbons (Fsp3) is 0.500. The summed E-state index contributed by atoms with van der Waals surface area (Å²) < 4.78 is 0. The second kappa shape index (κ2) is 8.86. The normalized spacial score (nSPS) is 10.4. The number of hydrogen-bond acceptors (Lipinski definition) is 3. The van der Waals surface area contributed by atoms with Gasteiger partial charge in [0, 0.05) is 11.3 Å². The van der Waals surface area contributed by atoms with Gasteiger partial charge in [-0.15, -0.1) is 11.8 Å². The number of rotatable bonds is 9. The van der Waals surface area contributed by atoms with E-state index in [0.29, 0.717) is 5.75 Å². The van der Waals surface area contributed by atoms with E-state index < -0.39 is 5.97 Å². The first-order chi connectivity index (χ1) is 8.70. The minimum atomic E-state index is -0.704. The predicted molar refractivity (Wildman–Crippen MR) is 74.2 cm³/mol. The largest absolute Gasteiger partial charge is 0.507 e. The first-order valence-corrected chi connectivity index (χ1v) is 7.31. The van der Waals surface area contributed by atoms with Crippen LogP contribution in [0.3, 0.4) is 0 Å².